The number of carbonyl (C=O) groups excluding carboxylic acids is 2. The molecule has 2 aromatic rings. The molecule has 1 N–H and O–H groups in total. The molecule has 144 valence electrons. The van der Waals surface area contributed by atoms with Gasteiger partial charge in [-0.3, -0.25) is 9.59 Å². The smallest absolute Gasteiger partial charge is 0.290 e. The largest absolute Gasteiger partial charge is 0.508 e. The minimum Gasteiger partial charge on any atom is -0.508 e. The lowest BCUT2D eigenvalue weighted by atomic mass is 9.88. The van der Waals surface area contributed by atoms with E-state index in [1.54, 1.807) is 35.6 Å². The molecule has 1 aromatic carbocycles. The van der Waals surface area contributed by atoms with Gasteiger partial charge in [0.15, 0.2) is 0 Å². The summed E-state index contributed by atoms with van der Waals surface area (Å²) in [5.41, 5.74) is 0.832. The molecule has 0 saturated carbocycles. The fraction of sp³-hybridized carbons (Fsp3) is 0.476. The zero-order valence-corrected chi connectivity index (χ0v) is 15.8. The van der Waals surface area contributed by atoms with Gasteiger partial charge in [-0.2, -0.15) is 0 Å². The van der Waals surface area contributed by atoms with Crippen molar-refractivity contribution < 1.29 is 14.7 Å². The predicted molar refractivity (Wildman–Crippen MR) is 102 cm³/mol. The molecule has 6 nitrogen and oxygen atoms in total. The van der Waals surface area contributed by atoms with Crippen LogP contribution in [0.1, 0.15) is 50.6 Å². The molecule has 1 aromatic heterocycles. The monoisotopic (exact) mass is 369 g/mol. The third kappa shape index (κ3) is 4.38. The lowest BCUT2D eigenvalue weighted by molar-refractivity contribution is -0.141. The molecule has 1 saturated heterocycles. The maximum absolute atomic E-state index is 12.7. The number of imidazole rings is 1. The van der Waals surface area contributed by atoms with Gasteiger partial charge in [-0.1, -0.05) is 38.3 Å². The minimum absolute atomic E-state index is 0.157. The van der Waals surface area contributed by atoms with Gasteiger partial charge in [0.25, 0.3) is 5.91 Å². The quantitative estimate of drug-likeness (QED) is 0.543. The van der Waals surface area contributed by atoms with E-state index in [-0.39, 0.29) is 23.5 Å². The number of aryl methyl sites for hydroxylation is 1. The topological polar surface area (TPSA) is 75.4 Å². The molecule has 0 spiro atoms. The number of nitrogens with zero attached hydrogens (tertiary/aromatic N) is 3. The second-order valence-electron chi connectivity index (χ2n) is 7.16. The molecular weight excluding hydrogens is 342 g/mol. The van der Waals surface area contributed by atoms with Crippen molar-refractivity contribution in [3.05, 3.63) is 48.5 Å². The normalized spacial score (nSPS) is 19.8. The summed E-state index contributed by atoms with van der Waals surface area (Å²) in [6.07, 6.45) is 9.85. The predicted octanol–water partition coefficient (Wildman–Crippen LogP) is 3.33. The van der Waals surface area contributed by atoms with Gasteiger partial charge >= 0.3 is 0 Å². The van der Waals surface area contributed by atoms with Crippen LogP contribution in [0.3, 0.4) is 0 Å². The van der Waals surface area contributed by atoms with Crippen LogP contribution in [0.25, 0.3) is 0 Å². The van der Waals surface area contributed by atoms with E-state index in [9.17, 15) is 14.7 Å². The van der Waals surface area contributed by atoms with Crippen LogP contribution in [0, 0.1) is 5.92 Å². The Labute approximate surface area is 159 Å². The summed E-state index contributed by atoms with van der Waals surface area (Å²) in [5, 5.41) is 9.89. The molecule has 1 amide bonds. The summed E-state index contributed by atoms with van der Waals surface area (Å²) in [7, 11) is 0. The van der Waals surface area contributed by atoms with Crippen molar-refractivity contribution in [2.75, 3.05) is 6.54 Å². The zero-order valence-electron chi connectivity index (χ0n) is 15.8. The average molecular weight is 369 g/mol. The summed E-state index contributed by atoms with van der Waals surface area (Å²) in [5.74, 6) is -0.860. The summed E-state index contributed by atoms with van der Waals surface area (Å²) in [6.45, 7) is 3.37. The Balaban J connectivity index is 1.79. The second kappa shape index (κ2) is 8.84. The van der Waals surface area contributed by atoms with Crippen molar-refractivity contribution in [2.24, 2.45) is 5.92 Å². The van der Waals surface area contributed by atoms with Gasteiger partial charge in [0, 0.05) is 25.5 Å². The fourth-order valence-corrected chi connectivity index (χ4v) is 3.89. The number of aromatic hydroxyl groups is 1. The van der Waals surface area contributed by atoms with Crippen LogP contribution in [-0.2, 0) is 16.1 Å². The Morgan fingerprint density at radius 2 is 2.00 bits per heavy atom. The van der Waals surface area contributed by atoms with Gasteiger partial charge in [-0.15, -0.1) is 0 Å². The number of phenols is 1. The van der Waals surface area contributed by atoms with E-state index in [1.807, 2.05) is 16.8 Å². The standard InChI is InChI=1S/C21H27N3O3/c1-2-3-4-9-18-19(16-7-5-8-17(25)14-16)24(21(27)20(18)26)12-6-11-23-13-10-22-15-23/h5,7-8,10,13-15,18-19,25H,2-4,6,9,11-12H2,1H3. The number of carbonyl (C=O) groups is 2. The molecule has 27 heavy (non-hydrogen) atoms. The highest BCUT2D eigenvalue weighted by atomic mass is 16.3. The number of amides is 1. The maximum Gasteiger partial charge on any atom is 0.290 e. The molecule has 3 rings (SSSR count). The number of likely N-dealkylation sites (tertiary alicyclic amines) is 1. The molecule has 6 heteroatoms. The number of phenolic OH excluding ortho intramolecular Hbond substituents is 1. The number of ketones is 1. The van der Waals surface area contributed by atoms with Crippen molar-refractivity contribution in [1.82, 2.24) is 14.5 Å². The lowest BCUT2D eigenvalue weighted by Crippen LogP contribution is -2.31. The molecule has 1 aliphatic rings. The number of benzene rings is 1. The highest BCUT2D eigenvalue weighted by molar-refractivity contribution is 6.39. The average Bonchev–Trinajstić information content (AvgIpc) is 3.25. The van der Waals surface area contributed by atoms with Gasteiger partial charge in [-0.05, 0) is 30.5 Å². The zero-order chi connectivity index (χ0) is 19.2. The molecular formula is C21H27N3O3. The van der Waals surface area contributed by atoms with Crippen molar-refractivity contribution in [3.8, 4) is 5.75 Å². The number of hydrogen-bond acceptors (Lipinski definition) is 4. The van der Waals surface area contributed by atoms with E-state index in [4.69, 9.17) is 0 Å². The Morgan fingerprint density at radius 3 is 2.70 bits per heavy atom. The van der Waals surface area contributed by atoms with E-state index in [0.717, 1.165) is 37.8 Å². The number of aromatic nitrogens is 2. The highest BCUT2D eigenvalue weighted by Gasteiger charge is 2.47. The fourth-order valence-electron chi connectivity index (χ4n) is 3.89. The van der Waals surface area contributed by atoms with Crippen LogP contribution >= 0.6 is 0 Å². The van der Waals surface area contributed by atoms with E-state index in [1.165, 1.54) is 0 Å². The van der Waals surface area contributed by atoms with Gasteiger partial charge in [-0.25, -0.2) is 4.98 Å². The molecule has 1 fully saturated rings. The minimum atomic E-state index is -0.393. The maximum atomic E-state index is 12.7. The first kappa shape index (κ1) is 19.1. The Morgan fingerprint density at radius 1 is 1.15 bits per heavy atom. The number of rotatable bonds is 9. The molecule has 1 aliphatic heterocycles. The van der Waals surface area contributed by atoms with Gasteiger partial charge in [0.05, 0.1) is 18.3 Å². The summed E-state index contributed by atoms with van der Waals surface area (Å²) >= 11 is 0. The van der Waals surface area contributed by atoms with E-state index < -0.39 is 5.91 Å². The third-order valence-corrected chi connectivity index (χ3v) is 5.23. The van der Waals surface area contributed by atoms with Crippen LogP contribution in [0.4, 0.5) is 0 Å². The van der Waals surface area contributed by atoms with E-state index in [0.29, 0.717) is 13.0 Å². The van der Waals surface area contributed by atoms with Crippen LogP contribution in [0.15, 0.2) is 43.0 Å². The van der Waals surface area contributed by atoms with Gasteiger partial charge in [0.2, 0.25) is 5.78 Å². The van der Waals surface area contributed by atoms with Crippen LogP contribution in [0.2, 0.25) is 0 Å². The number of hydrogen-bond donors (Lipinski definition) is 1. The Hall–Kier alpha value is -2.63. The van der Waals surface area contributed by atoms with Gasteiger partial charge in [0.1, 0.15) is 5.75 Å². The van der Waals surface area contributed by atoms with E-state index in [2.05, 4.69) is 11.9 Å². The van der Waals surface area contributed by atoms with Crippen molar-refractivity contribution in [3.63, 3.8) is 0 Å². The van der Waals surface area contributed by atoms with Crippen LogP contribution < -0.4 is 0 Å². The second-order valence-corrected chi connectivity index (χ2v) is 7.16. The van der Waals surface area contributed by atoms with E-state index >= 15 is 0 Å². The Bertz CT molecular complexity index is 773. The summed E-state index contributed by atoms with van der Waals surface area (Å²) in [4.78, 5) is 31.1. The first-order valence-electron chi connectivity index (χ1n) is 9.71. The highest BCUT2D eigenvalue weighted by Crippen LogP contribution is 2.39. The van der Waals surface area contributed by atoms with Crippen molar-refractivity contribution in [1.29, 1.82) is 0 Å². The first-order chi connectivity index (χ1) is 13.1. The number of Topliss-reactive ketones (excluding diaryl/α,β-unsaturated/α-hetero) is 1. The van der Waals surface area contributed by atoms with Crippen LogP contribution in [0.5, 0.6) is 5.75 Å². The molecule has 2 heterocycles. The Kier molecular flexibility index (Phi) is 6.27. The molecule has 0 aliphatic carbocycles. The SMILES string of the molecule is CCCCCC1C(=O)C(=O)N(CCCn2ccnc2)C1c1cccc(O)c1. The summed E-state index contributed by atoms with van der Waals surface area (Å²) in [6, 6.07) is 6.65. The number of unbranched alkanes of at least 4 members (excludes halogenated alkanes) is 2. The van der Waals surface area contributed by atoms with Gasteiger partial charge < -0.3 is 14.6 Å². The third-order valence-electron chi connectivity index (χ3n) is 5.23. The lowest BCUT2D eigenvalue weighted by Gasteiger charge is -2.28. The molecule has 2 unspecified atom stereocenters. The molecule has 0 radical (unpaired) electrons. The van der Waals surface area contributed by atoms with Crippen LogP contribution in [-0.4, -0.2) is 37.8 Å². The van der Waals surface area contributed by atoms with Crippen molar-refractivity contribution in [2.45, 2.75) is 51.6 Å². The van der Waals surface area contributed by atoms with Crippen molar-refractivity contribution >= 4 is 11.7 Å². The molecule has 2 atom stereocenters. The summed E-state index contributed by atoms with van der Waals surface area (Å²) < 4.78 is 1.96. The molecule has 0 bridgehead atoms. The first-order valence-corrected chi connectivity index (χ1v) is 9.71.